The summed E-state index contributed by atoms with van der Waals surface area (Å²) in [5.74, 6) is -0.248. The van der Waals surface area contributed by atoms with Crippen LogP contribution in [0, 0.1) is 0 Å². The number of aromatic nitrogens is 1. The molecule has 1 amide bonds. The lowest BCUT2D eigenvalue weighted by molar-refractivity contribution is 0.0910. The average Bonchev–Trinajstić information content (AvgIpc) is 2.61. The zero-order valence-corrected chi connectivity index (χ0v) is 8.08. The molecule has 0 aliphatic rings. The Morgan fingerprint density at radius 3 is 2.93 bits per heavy atom. The molecule has 5 heteroatoms. The van der Waals surface area contributed by atoms with Gasteiger partial charge in [-0.15, -0.1) is 0 Å². The lowest BCUT2D eigenvalue weighted by atomic mass is 10.2. The molecule has 0 aromatic carbocycles. The second-order valence-electron chi connectivity index (χ2n) is 3.11. The van der Waals surface area contributed by atoms with Gasteiger partial charge in [-0.05, 0) is 12.5 Å². The fourth-order valence-corrected chi connectivity index (χ4v) is 1.08. The van der Waals surface area contributed by atoms with Gasteiger partial charge in [0.05, 0.1) is 12.6 Å². The predicted molar refractivity (Wildman–Crippen MR) is 53.8 cm³/mol. The molecule has 0 saturated heterocycles. The van der Waals surface area contributed by atoms with E-state index in [0.29, 0.717) is 17.8 Å². The van der Waals surface area contributed by atoms with Crippen LogP contribution in [0.4, 0.5) is 5.69 Å². The number of hydrogen-bond acceptors (Lipinski definition) is 3. The van der Waals surface area contributed by atoms with E-state index in [1.807, 2.05) is 6.92 Å². The number of nitrogen functional groups attached to an aromatic ring is 1. The highest BCUT2D eigenvalue weighted by molar-refractivity contribution is 5.93. The molecular weight excluding hydrogens is 182 g/mol. The molecular formula is C9H15N3O2. The van der Waals surface area contributed by atoms with Crippen LogP contribution in [0.5, 0.6) is 0 Å². The number of aliphatic hydroxyl groups excluding tert-OH is 1. The van der Waals surface area contributed by atoms with Gasteiger partial charge in [0.1, 0.15) is 5.69 Å². The first kappa shape index (κ1) is 10.6. The number of aromatic amines is 1. The van der Waals surface area contributed by atoms with Crippen LogP contribution in [0.15, 0.2) is 12.3 Å². The van der Waals surface area contributed by atoms with Crippen LogP contribution in [0.25, 0.3) is 0 Å². The van der Waals surface area contributed by atoms with Crippen molar-refractivity contribution in [1.82, 2.24) is 10.3 Å². The van der Waals surface area contributed by atoms with E-state index in [0.717, 1.165) is 0 Å². The van der Waals surface area contributed by atoms with Crippen molar-refractivity contribution >= 4 is 11.6 Å². The topological polar surface area (TPSA) is 91.1 Å². The minimum Gasteiger partial charge on any atom is -0.397 e. The molecule has 0 radical (unpaired) electrons. The Balaban J connectivity index is 2.58. The fourth-order valence-electron chi connectivity index (χ4n) is 1.08. The quantitative estimate of drug-likeness (QED) is 0.551. The van der Waals surface area contributed by atoms with Crippen molar-refractivity contribution in [3.05, 3.63) is 18.0 Å². The lowest BCUT2D eigenvalue weighted by Gasteiger charge is -2.12. The highest BCUT2D eigenvalue weighted by Crippen LogP contribution is 2.04. The number of hydrogen-bond donors (Lipinski definition) is 4. The number of rotatable bonds is 4. The molecule has 1 rings (SSSR count). The van der Waals surface area contributed by atoms with Gasteiger partial charge in [-0.25, -0.2) is 0 Å². The maximum absolute atomic E-state index is 11.5. The zero-order valence-electron chi connectivity index (χ0n) is 8.08. The van der Waals surface area contributed by atoms with Gasteiger partial charge in [0, 0.05) is 11.9 Å². The molecule has 0 saturated carbocycles. The lowest BCUT2D eigenvalue weighted by Crippen LogP contribution is -2.37. The second-order valence-corrected chi connectivity index (χ2v) is 3.11. The maximum Gasteiger partial charge on any atom is 0.268 e. The number of aliphatic hydroxyl groups is 1. The number of anilines is 1. The molecule has 0 unspecified atom stereocenters. The van der Waals surface area contributed by atoms with Gasteiger partial charge in [0.25, 0.3) is 5.91 Å². The molecule has 78 valence electrons. The van der Waals surface area contributed by atoms with Crippen molar-refractivity contribution in [1.29, 1.82) is 0 Å². The maximum atomic E-state index is 11.5. The summed E-state index contributed by atoms with van der Waals surface area (Å²) in [5.41, 5.74) is 6.38. The fraction of sp³-hybridized carbons (Fsp3) is 0.444. The van der Waals surface area contributed by atoms with Crippen molar-refractivity contribution in [2.24, 2.45) is 0 Å². The minimum atomic E-state index is -0.248. The van der Waals surface area contributed by atoms with Crippen molar-refractivity contribution < 1.29 is 9.90 Å². The SMILES string of the molecule is CC[C@@H](CO)NC(=O)c1cc(N)c[nH]1. The molecule has 1 aromatic heterocycles. The summed E-state index contributed by atoms with van der Waals surface area (Å²) in [5, 5.41) is 11.5. The van der Waals surface area contributed by atoms with Crippen LogP contribution < -0.4 is 11.1 Å². The van der Waals surface area contributed by atoms with Gasteiger partial charge in [-0.1, -0.05) is 6.92 Å². The Hall–Kier alpha value is -1.49. The Morgan fingerprint density at radius 1 is 1.79 bits per heavy atom. The van der Waals surface area contributed by atoms with Crippen molar-refractivity contribution in [3.8, 4) is 0 Å². The van der Waals surface area contributed by atoms with E-state index < -0.39 is 0 Å². The summed E-state index contributed by atoms with van der Waals surface area (Å²) in [6.45, 7) is 1.84. The summed E-state index contributed by atoms with van der Waals surface area (Å²) in [4.78, 5) is 14.2. The number of carbonyl (C=O) groups is 1. The molecule has 0 fully saturated rings. The molecule has 0 aliphatic heterocycles. The molecule has 1 atom stereocenters. The second kappa shape index (κ2) is 4.66. The molecule has 1 heterocycles. The third kappa shape index (κ3) is 2.50. The molecule has 1 aromatic rings. The van der Waals surface area contributed by atoms with E-state index in [1.54, 1.807) is 12.3 Å². The first-order valence-electron chi connectivity index (χ1n) is 4.53. The van der Waals surface area contributed by atoms with E-state index in [1.165, 1.54) is 0 Å². The first-order valence-corrected chi connectivity index (χ1v) is 4.53. The Morgan fingerprint density at radius 2 is 2.50 bits per heavy atom. The van der Waals surface area contributed by atoms with Crippen molar-refractivity contribution in [3.63, 3.8) is 0 Å². The van der Waals surface area contributed by atoms with E-state index >= 15 is 0 Å². The third-order valence-electron chi connectivity index (χ3n) is 2.00. The number of carbonyl (C=O) groups excluding carboxylic acids is 1. The van der Waals surface area contributed by atoms with Gasteiger partial charge in [0.2, 0.25) is 0 Å². The summed E-state index contributed by atoms with van der Waals surface area (Å²) in [6, 6.07) is 1.35. The van der Waals surface area contributed by atoms with Gasteiger partial charge in [0.15, 0.2) is 0 Å². The standard InChI is InChI=1S/C9H15N3O2/c1-2-7(5-13)12-9(14)8-3-6(10)4-11-8/h3-4,7,11,13H,2,5,10H2,1H3,(H,12,14)/t7-/m0/s1. The van der Waals surface area contributed by atoms with Gasteiger partial charge in [-0.2, -0.15) is 0 Å². The Labute approximate surface area is 82.3 Å². The first-order chi connectivity index (χ1) is 6.67. The zero-order chi connectivity index (χ0) is 10.6. The van der Waals surface area contributed by atoms with Crippen LogP contribution >= 0.6 is 0 Å². The third-order valence-corrected chi connectivity index (χ3v) is 2.00. The largest absolute Gasteiger partial charge is 0.397 e. The summed E-state index contributed by atoms with van der Waals surface area (Å²) in [7, 11) is 0. The van der Waals surface area contributed by atoms with Crippen LogP contribution in [-0.2, 0) is 0 Å². The molecule has 14 heavy (non-hydrogen) atoms. The molecule has 0 spiro atoms. The van der Waals surface area contributed by atoms with Gasteiger partial charge < -0.3 is 21.1 Å². The van der Waals surface area contributed by atoms with Crippen LogP contribution in [0.3, 0.4) is 0 Å². The normalized spacial score (nSPS) is 12.4. The van der Waals surface area contributed by atoms with Crippen LogP contribution in [-0.4, -0.2) is 28.6 Å². The van der Waals surface area contributed by atoms with E-state index in [9.17, 15) is 4.79 Å². The van der Waals surface area contributed by atoms with Crippen LogP contribution in [0.1, 0.15) is 23.8 Å². The molecule has 5 N–H and O–H groups in total. The summed E-state index contributed by atoms with van der Waals surface area (Å²) >= 11 is 0. The molecule has 0 aliphatic carbocycles. The van der Waals surface area contributed by atoms with Gasteiger partial charge in [-0.3, -0.25) is 4.79 Å². The highest BCUT2D eigenvalue weighted by atomic mass is 16.3. The molecule has 0 bridgehead atoms. The Kier molecular flexibility index (Phi) is 3.53. The van der Waals surface area contributed by atoms with Crippen molar-refractivity contribution in [2.45, 2.75) is 19.4 Å². The molecule has 5 nitrogen and oxygen atoms in total. The number of nitrogens with two attached hydrogens (primary N) is 1. The number of H-pyrrole nitrogens is 1. The Bertz CT molecular complexity index is 305. The number of nitrogens with one attached hydrogen (secondary N) is 2. The van der Waals surface area contributed by atoms with Gasteiger partial charge >= 0.3 is 0 Å². The minimum absolute atomic E-state index is 0.0571. The van der Waals surface area contributed by atoms with Crippen LogP contribution in [0.2, 0.25) is 0 Å². The van der Waals surface area contributed by atoms with Crippen molar-refractivity contribution in [2.75, 3.05) is 12.3 Å². The van der Waals surface area contributed by atoms with E-state index in [4.69, 9.17) is 10.8 Å². The van der Waals surface area contributed by atoms with E-state index in [2.05, 4.69) is 10.3 Å². The monoisotopic (exact) mass is 197 g/mol. The predicted octanol–water partition coefficient (Wildman–Crippen LogP) is 0.0976. The highest BCUT2D eigenvalue weighted by Gasteiger charge is 2.12. The average molecular weight is 197 g/mol. The number of amides is 1. The van der Waals surface area contributed by atoms with E-state index in [-0.39, 0.29) is 18.6 Å². The summed E-state index contributed by atoms with van der Waals surface area (Å²) < 4.78 is 0. The summed E-state index contributed by atoms with van der Waals surface area (Å²) in [6.07, 6.45) is 2.24. The smallest absolute Gasteiger partial charge is 0.268 e.